The molecule has 3 aromatic rings. The largest absolute Gasteiger partial charge is 0.306 e. The van der Waals surface area contributed by atoms with Gasteiger partial charge in [0.2, 0.25) is 0 Å². The Balaban J connectivity index is 2.17. The summed E-state index contributed by atoms with van der Waals surface area (Å²) in [5, 5.41) is 0.624. The molecule has 0 saturated heterocycles. The van der Waals surface area contributed by atoms with Gasteiger partial charge in [-0.2, -0.15) is 0 Å². The minimum Gasteiger partial charge on any atom is -0.306 e. The van der Waals surface area contributed by atoms with E-state index in [1.54, 1.807) is 12.1 Å². The molecule has 0 radical (unpaired) electrons. The number of nitrogens with zero attached hydrogens (tertiary/aromatic N) is 1. The van der Waals surface area contributed by atoms with E-state index >= 15 is 0 Å². The zero-order chi connectivity index (χ0) is 16.1. The molecule has 22 heavy (non-hydrogen) atoms. The highest BCUT2D eigenvalue weighted by Crippen LogP contribution is 2.27. The third-order valence-corrected chi connectivity index (χ3v) is 5.82. The van der Waals surface area contributed by atoms with Crippen LogP contribution < -0.4 is 5.56 Å². The minimum absolute atomic E-state index is 0.172. The Morgan fingerprint density at radius 3 is 2.36 bits per heavy atom. The van der Waals surface area contributed by atoms with E-state index in [2.05, 4.69) is 9.97 Å². The Hall–Kier alpha value is -1.99. The molecule has 0 aliphatic rings. The molecule has 3 rings (SSSR count). The SMILES string of the molecule is Cc1sc2nc(-c3ccc(S(C)(=O)=O)cc3)[nH]c(=O)c2c1C. The number of aryl methyl sites for hydroxylation is 2. The van der Waals surface area contributed by atoms with Crippen molar-refractivity contribution in [2.75, 3.05) is 6.26 Å². The van der Waals surface area contributed by atoms with Crippen molar-refractivity contribution in [2.45, 2.75) is 18.7 Å². The quantitative estimate of drug-likeness (QED) is 0.781. The lowest BCUT2D eigenvalue weighted by atomic mass is 10.2. The highest BCUT2D eigenvalue weighted by molar-refractivity contribution is 7.90. The fraction of sp³-hybridized carbons (Fsp3) is 0.200. The summed E-state index contributed by atoms with van der Waals surface area (Å²) in [6.45, 7) is 3.87. The minimum atomic E-state index is -3.24. The number of fused-ring (bicyclic) bond motifs is 1. The van der Waals surface area contributed by atoms with Crippen LogP contribution in [-0.2, 0) is 9.84 Å². The van der Waals surface area contributed by atoms with Crippen LogP contribution >= 0.6 is 11.3 Å². The van der Waals surface area contributed by atoms with Crippen LogP contribution in [0.4, 0.5) is 0 Å². The zero-order valence-electron chi connectivity index (χ0n) is 12.3. The van der Waals surface area contributed by atoms with Gasteiger partial charge in [0.1, 0.15) is 10.7 Å². The van der Waals surface area contributed by atoms with Crippen LogP contribution in [0.25, 0.3) is 21.6 Å². The first-order chi connectivity index (χ1) is 10.3. The fourth-order valence-electron chi connectivity index (χ4n) is 2.25. The Kier molecular flexibility index (Phi) is 3.41. The second kappa shape index (κ2) is 5.03. The number of sulfone groups is 1. The molecule has 2 heterocycles. The molecule has 7 heteroatoms. The first-order valence-electron chi connectivity index (χ1n) is 6.58. The van der Waals surface area contributed by atoms with Gasteiger partial charge in [-0.3, -0.25) is 4.79 Å². The molecular weight excluding hydrogens is 320 g/mol. The topological polar surface area (TPSA) is 79.9 Å². The molecule has 0 atom stereocenters. The third-order valence-electron chi connectivity index (χ3n) is 3.59. The average molecular weight is 334 g/mol. The summed E-state index contributed by atoms with van der Waals surface area (Å²) in [4.78, 5) is 21.5. The number of aromatic amines is 1. The van der Waals surface area contributed by atoms with Crippen molar-refractivity contribution < 1.29 is 8.42 Å². The average Bonchev–Trinajstić information content (AvgIpc) is 2.73. The first-order valence-corrected chi connectivity index (χ1v) is 9.28. The summed E-state index contributed by atoms with van der Waals surface area (Å²) in [5.41, 5.74) is 1.46. The molecule has 0 saturated carbocycles. The van der Waals surface area contributed by atoms with Crippen LogP contribution in [0, 0.1) is 13.8 Å². The summed E-state index contributed by atoms with van der Waals surface area (Å²) in [6.07, 6.45) is 1.16. The smallest absolute Gasteiger partial charge is 0.260 e. The number of hydrogen-bond donors (Lipinski definition) is 1. The Morgan fingerprint density at radius 2 is 1.77 bits per heavy atom. The molecule has 0 bridgehead atoms. The van der Waals surface area contributed by atoms with Crippen LogP contribution in [0.3, 0.4) is 0 Å². The van der Waals surface area contributed by atoms with Crippen LogP contribution in [0.5, 0.6) is 0 Å². The fourth-order valence-corrected chi connectivity index (χ4v) is 3.91. The van der Waals surface area contributed by atoms with Crippen LogP contribution in [0.15, 0.2) is 34.0 Å². The van der Waals surface area contributed by atoms with Gasteiger partial charge in [0, 0.05) is 16.7 Å². The van der Waals surface area contributed by atoms with Gasteiger partial charge in [-0.1, -0.05) is 0 Å². The van der Waals surface area contributed by atoms with Crippen molar-refractivity contribution in [2.24, 2.45) is 0 Å². The van der Waals surface area contributed by atoms with Gasteiger partial charge < -0.3 is 4.98 Å². The van der Waals surface area contributed by atoms with Gasteiger partial charge in [-0.15, -0.1) is 11.3 Å². The van der Waals surface area contributed by atoms with Gasteiger partial charge in [-0.25, -0.2) is 13.4 Å². The van der Waals surface area contributed by atoms with E-state index in [4.69, 9.17) is 0 Å². The van der Waals surface area contributed by atoms with E-state index in [1.165, 1.54) is 23.5 Å². The third kappa shape index (κ3) is 2.46. The highest BCUT2D eigenvalue weighted by atomic mass is 32.2. The van der Waals surface area contributed by atoms with E-state index in [1.807, 2.05) is 13.8 Å². The molecule has 0 amide bonds. The number of rotatable bonds is 2. The van der Waals surface area contributed by atoms with E-state index in [9.17, 15) is 13.2 Å². The molecule has 0 aliphatic carbocycles. The van der Waals surface area contributed by atoms with Crippen molar-refractivity contribution in [3.05, 3.63) is 45.1 Å². The first kappa shape index (κ1) is 14.9. The summed E-state index contributed by atoms with van der Waals surface area (Å²) in [6, 6.07) is 6.32. The van der Waals surface area contributed by atoms with E-state index in [0.717, 1.165) is 16.7 Å². The predicted molar refractivity (Wildman–Crippen MR) is 88.3 cm³/mol. The summed E-state index contributed by atoms with van der Waals surface area (Å²) in [7, 11) is -3.24. The number of hydrogen-bond acceptors (Lipinski definition) is 5. The molecule has 0 aliphatic heterocycles. The molecule has 0 unspecified atom stereocenters. The van der Waals surface area contributed by atoms with E-state index in [-0.39, 0.29) is 10.5 Å². The van der Waals surface area contributed by atoms with E-state index in [0.29, 0.717) is 21.6 Å². The number of aromatic nitrogens is 2. The Morgan fingerprint density at radius 1 is 1.14 bits per heavy atom. The van der Waals surface area contributed by atoms with Gasteiger partial charge in [0.05, 0.1) is 10.3 Å². The Labute approximate surface area is 131 Å². The lowest BCUT2D eigenvalue weighted by molar-refractivity contribution is 0.602. The Bertz CT molecular complexity index is 1030. The second-order valence-electron chi connectivity index (χ2n) is 5.17. The summed E-state index contributed by atoms with van der Waals surface area (Å²) < 4.78 is 23.0. The second-order valence-corrected chi connectivity index (χ2v) is 8.39. The van der Waals surface area contributed by atoms with Crippen LogP contribution in [0.2, 0.25) is 0 Å². The predicted octanol–water partition coefficient (Wildman–Crippen LogP) is 2.67. The highest BCUT2D eigenvalue weighted by Gasteiger charge is 2.13. The number of thiophene rings is 1. The monoisotopic (exact) mass is 334 g/mol. The van der Waals surface area contributed by atoms with Crippen LogP contribution in [0.1, 0.15) is 10.4 Å². The number of nitrogens with one attached hydrogen (secondary N) is 1. The molecule has 2 aromatic heterocycles. The zero-order valence-corrected chi connectivity index (χ0v) is 13.9. The van der Waals surface area contributed by atoms with Gasteiger partial charge in [-0.05, 0) is 43.7 Å². The van der Waals surface area contributed by atoms with Crippen LogP contribution in [-0.4, -0.2) is 24.6 Å². The van der Waals surface area contributed by atoms with Crippen molar-refractivity contribution in [3.8, 4) is 11.4 Å². The lowest BCUT2D eigenvalue weighted by Crippen LogP contribution is -2.09. The maximum atomic E-state index is 12.2. The maximum absolute atomic E-state index is 12.2. The standard InChI is InChI=1S/C15H14N2O3S2/c1-8-9(2)21-15-12(8)14(18)16-13(17-15)10-4-6-11(7-5-10)22(3,19)20/h4-7H,1-3H3,(H,16,17,18). The molecule has 0 fully saturated rings. The summed E-state index contributed by atoms with van der Waals surface area (Å²) >= 11 is 1.48. The molecule has 1 N–H and O–H groups in total. The number of H-pyrrole nitrogens is 1. The van der Waals surface area contributed by atoms with Crippen molar-refractivity contribution in [3.63, 3.8) is 0 Å². The summed E-state index contributed by atoms with van der Waals surface area (Å²) in [5.74, 6) is 0.443. The van der Waals surface area contributed by atoms with Gasteiger partial charge in [0.25, 0.3) is 5.56 Å². The molecule has 1 aromatic carbocycles. The molecule has 5 nitrogen and oxygen atoms in total. The lowest BCUT2D eigenvalue weighted by Gasteiger charge is -2.03. The number of benzene rings is 1. The van der Waals surface area contributed by atoms with Gasteiger partial charge in [0.15, 0.2) is 9.84 Å². The maximum Gasteiger partial charge on any atom is 0.260 e. The molecule has 0 spiro atoms. The van der Waals surface area contributed by atoms with Crippen molar-refractivity contribution in [1.29, 1.82) is 0 Å². The molecular formula is C15H14N2O3S2. The van der Waals surface area contributed by atoms with Gasteiger partial charge >= 0.3 is 0 Å². The molecule has 114 valence electrons. The normalized spacial score (nSPS) is 12.0. The van der Waals surface area contributed by atoms with E-state index < -0.39 is 9.84 Å². The van der Waals surface area contributed by atoms with Crippen molar-refractivity contribution in [1.82, 2.24) is 9.97 Å². The van der Waals surface area contributed by atoms with Crippen molar-refractivity contribution >= 4 is 31.4 Å².